The minimum absolute atomic E-state index is 0.0112. The number of phosphoric acid groups is 1. The van der Waals surface area contributed by atoms with Crippen LogP contribution in [0.1, 0.15) is 239 Å². The van der Waals surface area contributed by atoms with Gasteiger partial charge in [-0.05, 0) is 51.4 Å². The van der Waals surface area contributed by atoms with E-state index in [0.29, 0.717) is 23.9 Å². The topological polar surface area (TPSA) is 108 Å². The molecule has 8 nitrogen and oxygen atoms in total. The van der Waals surface area contributed by atoms with Crippen molar-refractivity contribution in [2.45, 2.75) is 251 Å². The van der Waals surface area contributed by atoms with Gasteiger partial charge in [0.25, 0.3) is 7.82 Å². The van der Waals surface area contributed by atoms with Crippen molar-refractivity contribution in [2.24, 2.45) is 0 Å². The first-order valence-corrected chi connectivity index (χ1v) is 27.3. The van der Waals surface area contributed by atoms with E-state index in [-0.39, 0.29) is 19.1 Å². The number of allylic oxidation sites excluding steroid dienone is 6. The Hall–Kier alpha value is -1.28. The second kappa shape index (κ2) is 43.9. The Labute approximate surface area is 378 Å². The van der Waals surface area contributed by atoms with E-state index in [4.69, 9.17) is 9.05 Å². The Morgan fingerprint density at radius 1 is 0.574 bits per heavy atom. The summed E-state index contributed by atoms with van der Waals surface area (Å²) in [5, 5.41) is 14.0. The van der Waals surface area contributed by atoms with Crippen LogP contribution in [-0.2, 0) is 18.4 Å². The molecule has 61 heavy (non-hydrogen) atoms. The number of carbonyl (C=O) groups is 1. The molecule has 0 spiro atoms. The third-order valence-corrected chi connectivity index (χ3v) is 12.6. The van der Waals surface area contributed by atoms with Crippen molar-refractivity contribution in [2.75, 3.05) is 40.9 Å². The lowest BCUT2D eigenvalue weighted by Gasteiger charge is -2.30. The van der Waals surface area contributed by atoms with Crippen molar-refractivity contribution in [3.8, 4) is 0 Å². The smallest absolute Gasteiger partial charge is 0.268 e. The van der Waals surface area contributed by atoms with Crippen LogP contribution in [0.2, 0.25) is 0 Å². The normalized spacial score (nSPS) is 14.4. The molecule has 0 saturated carbocycles. The lowest BCUT2D eigenvalue weighted by atomic mass is 10.0. The van der Waals surface area contributed by atoms with Gasteiger partial charge >= 0.3 is 0 Å². The molecule has 0 aliphatic carbocycles. The first-order valence-electron chi connectivity index (χ1n) is 25.8. The lowest BCUT2D eigenvalue weighted by Crippen LogP contribution is -2.46. The molecule has 360 valence electrons. The van der Waals surface area contributed by atoms with Crippen molar-refractivity contribution < 1.29 is 32.9 Å². The molecule has 0 radical (unpaired) electrons. The zero-order valence-corrected chi connectivity index (χ0v) is 41.8. The van der Waals surface area contributed by atoms with E-state index in [1.165, 1.54) is 161 Å². The number of nitrogens with one attached hydrogen (secondary N) is 1. The van der Waals surface area contributed by atoms with Gasteiger partial charge in [0.2, 0.25) is 5.91 Å². The Kier molecular flexibility index (Phi) is 43.0. The van der Waals surface area contributed by atoms with Crippen LogP contribution in [0, 0.1) is 0 Å². The predicted molar refractivity (Wildman–Crippen MR) is 261 cm³/mol. The molecule has 0 aromatic heterocycles. The molecule has 1 amide bonds. The average Bonchev–Trinajstić information content (AvgIpc) is 3.21. The monoisotopic (exact) mass is 881 g/mol. The summed E-state index contributed by atoms with van der Waals surface area (Å²) in [6.45, 7) is 4.72. The van der Waals surface area contributed by atoms with E-state index >= 15 is 0 Å². The molecule has 0 heterocycles. The van der Waals surface area contributed by atoms with Gasteiger partial charge in [0.1, 0.15) is 13.2 Å². The molecular formula is C52H101N2O6P. The number of aliphatic hydroxyl groups excluding tert-OH is 1. The number of hydrogen-bond donors (Lipinski definition) is 2. The third kappa shape index (κ3) is 46.5. The maximum absolute atomic E-state index is 12.9. The van der Waals surface area contributed by atoms with E-state index < -0.39 is 20.0 Å². The number of likely N-dealkylation sites (N-methyl/N-ethyl adjacent to an activating group) is 1. The molecule has 0 aliphatic heterocycles. The summed E-state index contributed by atoms with van der Waals surface area (Å²) < 4.78 is 23.3. The van der Waals surface area contributed by atoms with Crippen molar-refractivity contribution in [3.63, 3.8) is 0 Å². The summed E-state index contributed by atoms with van der Waals surface area (Å²) in [5.74, 6) is -0.168. The first-order chi connectivity index (χ1) is 29.5. The maximum Gasteiger partial charge on any atom is 0.268 e. The van der Waals surface area contributed by atoms with Crippen LogP contribution in [-0.4, -0.2) is 68.5 Å². The highest BCUT2D eigenvalue weighted by Gasteiger charge is 2.24. The second-order valence-corrected chi connectivity index (χ2v) is 20.3. The Morgan fingerprint density at radius 2 is 0.951 bits per heavy atom. The number of carbonyl (C=O) groups excluding carboxylic acids is 1. The Bertz CT molecular complexity index is 1090. The van der Waals surface area contributed by atoms with Crippen molar-refractivity contribution in [1.82, 2.24) is 5.32 Å². The number of unbranched alkanes of at least 4 members (excludes halogenated alkanes) is 28. The van der Waals surface area contributed by atoms with E-state index in [9.17, 15) is 19.4 Å². The van der Waals surface area contributed by atoms with Crippen LogP contribution >= 0.6 is 7.82 Å². The van der Waals surface area contributed by atoms with Crippen molar-refractivity contribution >= 4 is 13.7 Å². The number of hydrogen-bond acceptors (Lipinski definition) is 6. The number of rotatable bonds is 47. The number of amides is 1. The van der Waals surface area contributed by atoms with Crippen LogP contribution in [0.25, 0.3) is 0 Å². The van der Waals surface area contributed by atoms with Crippen LogP contribution in [0.3, 0.4) is 0 Å². The lowest BCUT2D eigenvalue weighted by molar-refractivity contribution is -0.870. The van der Waals surface area contributed by atoms with Crippen molar-refractivity contribution in [3.05, 3.63) is 36.5 Å². The third-order valence-electron chi connectivity index (χ3n) is 11.6. The van der Waals surface area contributed by atoms with Gasteiger partial charge in [0.15, 0.2) is 0 Å². The molecule has 9 heteroatoms. The molecule has 0 rings (SSSR count). The SMILES string of the molecule is CCCCCCC/C=C\C/C=C\C/C=C\CCCCCCCCCCCCC(=O)NC(COP(=O)([O-])OCC[N+](C)(C)C)C(O)CCCCCCCCCCCCCCCC. The van der Waals surface area contributed by atoms with Crippen LogP contribution in [0.4, 0.5) is 0 Å². The van der Waals surface area contributed by atoms with Gasteiger partial charge < -0.3 is 28.8 Å². The van der Waals surface area contributed by atoms with Gasteiger partial charge in [-0.1, -0.05) is 217 Å². The molecule has 0 fully saturated rings. The molecule has 0 aromatic carbocycles. The summed E-state index contributed by atoms with van der Waals surface area (Å²) in [6.07, 6.45) is 54.4. The first kappa shape index (κ1) is 59.7. The molecule has 0 bridgehead atoms. The minimum Gasteiger partial charge on any atom is -0.756 e. The van der Waals surface area contributed by atoms with Gasteiger partial charge in [-0.25, -0.2) is 0 Å². The van der Waals surface area contributed by atoms with Gasteiger partial charge in [0.05, 0.1) is 39.9 Å². The van der Waals surface area contributed by atoms with Gasteiger partial charge in [0, 0.05) is 6.42 Å². The largest absolute Gasteiger partial charge is 0.756 e. The fraction of sp³-hybridized carbons (Fsp3) is 0.865. The Morgan fingerprint density at radius 3 is 1.38 bits per heavy atom. The molecular weight excluding hydrogens is 780 g/mol. The number of quaternary nitrogens is 1. The molecule has 3 unspecified atom stereocenters. The Balaban J connectivity index is 4.21. The van der Waals surface area contributed by atoms with Crippen LogP contribution < -0.4 is 10.2 Å². The summed E-state index contributed by atoms with van der Waals surface area (Å²) in [7, 11) is 1.30. The maximum atomic E-state index is 12.9. The summed E-state index contributed by atoms with van der Waals surface area (Å²) >= 11 is 0. The number of phosphoric ester groups is 1. The second-order valence-electron chi connectivity index (χ2n) is 18.9. The van der Waals surface area contributed by atoms with Gasteiger partial charge in [-0.15, -0.1) is 0 Å². The summed E-state index contributed by atoms with van der Waals surface area (Å²) in [4.78, 5) is 25.4. The van der Waals surface area contributed by atoms with Gasteiger partial charge in [-0.3, -0.25) is 9.36 Å². The quantitative estimate of drug-likeness (QED) is 0.0273. The average molecular weight is 881 g/mol. The zero-order chi connectivity index (χ0) is 45.0. The standard InChI is InChI=1S/C52H101N2O6P/c1-6-8-10-12-14-16-18-20-22-23-24-25-26-27-28-29-30-31-32-34-36-38-40-42-44-46-52(56)53-50(49-60-61(57,58)59-48-47-54(3,4)5)51(55)45-43-41-39-37-35-33-21-19-17-15-13-11-9-7-2/h18,20,23-24,26-27,50-51,55H,6-17,19,21-22,25,28-49H2,1-5H3,(H-,53,56,57,58)/b20-18-,24-23-,27-26-. The summed E-state index contributed by atoms with van der Waals surface area (Å²) in [6, 6.07) is -0.802. The predicted octanol–water partition coefficient (Wildman–Crippen LogP) is 14.4. The molecule has 0 saturated heterocycles. The van der Waals surface area contributed by atoms with E-state index in [2.05, 4.69) is 55.6 Å². The van der Waals surface area contributed by atoms with E-state index in [1.807, 2.05) is 21.1 Å². The fourth-order valence-electron chi connectivity index (χ4n) is 7.52. The fourth-order valence-corrected chi connectivity index (χ4v) is 8.24. The van der Waals surface area contributed by atoms with Crippen LogP contribution in [0.15, 0.2) is 36.5 Å². The van der Waals surface area contributed by atoms with E-state index in [1.54, 1.807) is 0 Å². The zero-order valence-electron chi connectivity index (χ0n) is 40.9. The van der Waals surface area contributed by atoms with Crippen LogP contribution in [0.5, 0.6) is 0 Å². The molecule has 2 N–H and O–H groups in total. The minimum atomic E-state index is -4.57. The molecule has 3 atom stereocenters. The van der Waals surface area contributed by atoms with E-state index in [0.717, 1.165) is 51.4 Å². The number of nitrogens with zero attached hydrogens (tertiary/aromatic N) is 1. The summed E-state index contributed by atoms with van der Waals surface area (Å²) in [5.41, 5.74) is 0. The van der Waals surface area contributed by atoms with Gasteiger partial charge in [-0.2, -0.15) is 0 Å². The highest BCUT2D eigenvalue weighted by Crippen LogP contribution is 2.38. The molecule has 0 aromatic rings. The highest BCUT2D eigenvalue weighted by molar-refractivity contribution is 7.45. The molecule has 0 aliphatic rings. The van der Waals surface area contributed by atoms with Crippen molar-refractivity contribution in [1.29, 1.82) is 0 Å². The highest BCUT2D eigenvalue weighted by atomic mass is 31.2. The number of aliphatic hydroxyl groups is 1.